The Bertz CT molecular complexity index is 563. The molecular weight excluding hydrogens is 296 g/mol. The van der Waals surface area contributed by atoms with Gasteiger partial charge in [0, 0.05) is 25.2 Å². The summed E-state index contributed by atoms with van der Waals surface area (Å²) in [6, 6.07) is 9.67. The summed E-state index contributed by atoms with van der Waals surface area (Å²) in [5.74, 6) is 0. The first-order valence-corrected chi connectivity index (χ1v) is 8.01. The van der Waals surface area contributed by atoms with Gasteiger partial charge in [-0.3, -0.25) is 0 Å². The van der Waals surface area contributed by atoms with Crippen molar-refractivity contribution in [3.05, 3.63) is 35.9 Å². The molecule has 23 heavy (non-hydrogen) atoms. The van der Waals surface area contributed by atoms with Gasteiger partial charge in [0.2, 0.25) is 0 Å². The molecule has 2 saturated heterocycles. The summed E-state index contributed by atoms with van der Waals surface area (Å²) < 4.78 is 5.37. The van der Waals surface area contributed by atoms with Gasteiger partial charge >= 0.3 is 12.2 Å². The molecule has 124 valence electrons. The third-order valence-corrected chi connectivity index (χ3v) is 4.97. The van der Waals surface area contributed by atoms with E-state index in [4.69, 9.17) is 4.74 Å². The van der Waals surface area contributed by atoms with E-state index < -0.39 is 6.09 Å². The number of benzene rings is 1. The molecule has 6 nitrogen and oxygen atoms in total. The normalized spacial score (nSPS) is 26.0. The van der Waals surface area contributed by atoms with Gasteiger partial charge in [-0.2, -0.15) is 0 Å². The molecule has 2 unspecified atom stereocenters. The quantitative estimate of drug-likeness (QED) is 0.930. The van der Waals surface area contributed by atoms with Gasteiger partial charge in [0.15, 0.2) is 0 Å². The van der Waals surface area contributed by atoms with Gasteiger partial charge in [-0.15, -0.1) is 0 Å². The zero-order valence-electron chi connectivity index (χ0n) is 13.2. The van der Waals surface area contributed by atoms with E-state index in [2.05, 4.69) is 0 Å². The largest absolute Gasteiger partial charge is 0.465 e. The molecule has 0 spiro atoms. The molecule has 2 heterocycles. The number of carbonyl (C=O) groups excluding carboxylic acids is 1. The van der Waals surface area contributed by atoms with E-state index in [1.807, 2.05) is 30.3 Å². The molecule has 2 atom stereocenters. The van der Waals surface area contributed by atoms with Gasteiger partial charge in [0.05, 0.1) is 0 Å². The molecule has 2 amide bonds. The Labute approximate surface area is 135 Å². The third-order valence-electron chi connectivity index (χ3n) is 4.97. The molecule has 0 saturated carbocycles. The fourth-order valence-electron chi connectivity index (χ4n) is 3.75. The van der Waals surface area contributed by atoms with Crippen molar-refractivity contribution < 1.29 is 19.4 Å². The van der Waals surface area contributed by atoms with Gasteiger partial charge in [0.1, 0.15) is 6.61 Å². The first kappa shape index (κ1) is 15.6. The molecule has 2 aliphatic rings. The first-order valence-electron chi connectivity index (χ1n) is 8.01. The van der Waals surface area contributed by atoms with Gasteiger partial charge in [-0.25, -0.2) is 9.59 Å². The predicted octanol–water partition coefficient (Wildman–Crippen LogP) is 2.93. The van der Waals surface area contributed by atoms with Crippen LogP contribution in [0.5, 0.6) is 0 Å². The Morgan fingerprint density at radius 3 is 2.39 bits per heavy atom. The van der Waals surface area contributed by atoms with E-state index in [1.165, 1.54) is 0 Å². The van der Waals surface area contributed by atoms with Gasteiger partial charge in [-0.1, -0.05) is 30.3 Å². The van der Waals surface area contributed by atoms with E-state index >= 15 is 0 Å². The van der Waals surface area contributed by atoms with Gasteiger partial charge in [0.25, 0.3) is 0 Å². The smallest absolute Gasteiger partial charge is 0.410 e. The van der Waals surface area contributed by atoms with Crippen molar-refractivity contribution in [1.29, 1.82) is 0 Å². The van der Waals surface area contributed by atoms with Crippen molar-refractivity contribution >= 4 is 12.2 Å². The predicted molar refractivity (Wildman–Crippen MR) is 84.1 cm³/mol. The lowest BCUT2D eigenvalue weighted by molar-refractivity contribution is 0.0501. The number of carboxylic acid groups (broad SMARTS) is 1. The third kappa shape index (κ3) is 3.25. The van der Waals surface area contributed by atoms with Crippen LogP contribution in [0.15, 0.2) is 30.3 Å². The summed E-state index contributed by atoms with van der Waals surface area (Å²) in [4.78, 5) is 26.7. The number of piperidine rings is 1. The average Bonchev–Trinajstić information content (AvgIpc) is 2.83. The van der Waals surface area contributed by atoms with Crippen LogP contribution in [-0.2, 0) is 11.3 Å². The number of nitrogens with zero attached hydrogens (tertiary/aromatic N) is 2. The van der Waals surface area contributed by atoms with Crippen LogP contribution in [0.1, 0.15) is 31.2 Å². The standard InChI is InChI=1S/C17H22N2O4/c1-18(17(22)23-11-12-5-3-2-4-6-12)15-9-13-7-8-14(10-15)19(13)16(20)21/h2-6,13-15H,7-11H2,1H3,(H,20,21). The Kier molecular flexibility index (Phi) is 4.41. The Morgan fingerprint density at radius 2 is 1.83 bits per heavy atom. The zero-order valence-corrected chi connectivity index (χ0v) is 13.2. The molecule has 3 rings (SSSR count). The number of ether oxygens (including phenoxy) is 1. The Balaban J connectivity index is 1.55. The van der Waals surface area contributed by atoms with Crippen LogP contribution in [0.2, 0.25) is 0 Å². The minimum absolute atomic E-state index is 0.0284. The van der Waals surface area contributed by atoms with Crippen LogP contribution in [0.4, 0.5) is 9.59 Å². The van der Waals surface area contributed by atoms with Gasteiger partial charge < -0.3 is 19.6 Å². The van der Waals surface area contributed by atoms with E-state index in [1.54, 1.807) is 16.8 Å². The second-order valence-corrected chi connectivity index (χ2v) is 6.35. The molecule has 2 fully saturated rings. The summed E-state index contributed by atoms with van der Waals surface area (Å²) in [7, 11) is 1.74. The molecule has 6 heteroatoms. The second kappa shape index (κ2) is 6.48. The van der Waals surface area contributed by atoms with E-state index in [9.17, 15) is 14.7 Å². The van der Waals surface area contributed by atoms with Crippen LogP contribution < -0.4 is 0 Å². The summed E-state index contributed by atoms with van der Waals surface area (Å²) >= 11 is 0. The van der Waals surface area contributed by atoms with Crippen molar-refractivity contribution in [2.75, 3.05) is 7.05 Å². The average molecular weight is 318 g/mol. The number of hydrogen-bond donors (Lipinski definition) is 1. The van der Waals surface area contributed by atoms with Crippen LogP contribution in [-0.4, -0.2) is 52.3 Å². The monoisotopic (exact) mass is 318 g/mol. The van der Waals surface area contributed by atoms with Crippen LogP contribution in [0.25, 0.3) is 0 Å². The molecule has 1 N–H and O–H groups in total. The summed E-state index contributed by atoms with van der Waals surface area (Å²) in [5, 5.41) is 9.28. The second-order valence-electron chi connectivity index (χ2n) is 6.35. The molecule has 0 aliphatic carbocycles. The summed E-state index contributed by atoms with van der Waals surface area (Å²) in [6.45, 7) is 0.255. The fourth-order valence-corrected chi connectivity index (χ4v) is 3.75. The highest BCUT2D eigenvalue weighted by atomic mass is 16.6. The lowest BCUT2D eigenvalue weighted by Gasteiger charge is -2.40. The number of fused-ring (bicyclic) bond motifs is 2. The molecule has 1 aromatic rings. The molecule has 2 bridgehead atoms. The highest BCUT2D eigenvalue weighted by Crippen LogP contribution is 2.37. The van der Waals surface area contributed by atoms with E-state index in [-0.39, 0.29) is 30.8 Å². The number of carbonyl (C=O) groups is 2. The lowest BCUT2D eigenvalue weighted by Crippen LogP contribution is -2.52. The molecular formula is C17H22N2O4. The lowest BCUT2D eigenvalue weighted by atomic mass is 9.97. The molecule has 0 aromatic heterocycles. The molecule has 0 radical (unpaired) electrons. The Morgan fingerprint density at radius 1 is 1.22 bits per heavy atom. The summed E-state index contributed by atoms with van der Waals surface area (Å²) in [5.41, 5.74) is 0.954. The van der Waals surface area contributed by atoms with E-state index in [0.717, 1.165) is 18.4 Å². The van der Waals surface area contributed by atoms with Crippen molar-refractivity contribution in [3.8, 4) is 0 Å². The van der Waals surface area contributed by atoms with Crippen molar-refractivity contribution in [3.63, 3.8) is 0 Å². The van der Waals surface area contributed by atoms with Crippen molar-refractivity contribution in [2.45, 2.75) is 50.4 Å². The number of hydrogen-bond acceptors (Lipinski definition) is 3. The van der Waals surface area contributed by atoms with E-state index in [0.29, 0.717) is 12.8 Å². The molecule has 2 aliphatic heterocycles. The maximum atomic E-state index is 12.2. The SMILES string of the molecule is CN(C(=O)OCc1ccccc1)C1CC2CCC(C1)N2C(=O)O. The van der Waals surface area contributed by atoms with Crippen molar-refractivity contribution in [1.82, 2.24) is 9.80 Å². The van der Waals surface area contributed by atoms with Crippen LogP contribution >= 0.6 is 0 Å². The minimum Gasteiger partial charge on any atom is -0.465 e. The van der Waals surface area contributed by atoms with Gasteiger partial charge in [-0.05, 0) is 31.2 Å². The molecule has 1 aromatic carbocycles. The van der Waals surface area contributed by atoms with Crippen molar-refractivity contribution in [2.24, 2.45) is 0 Å². The first-order chi connectivity index (χ1) is 11.1. The zero-order chi connectivity index (χ0) is 16.4. The van der Waals surface area contributed by atoms with Crippen LogP contribution in [0.3, 0.4) is 0 Å². The topological polar surface area (TPSA) is 70.1 Å². The fraction of sp³-hybridized carbons (Fsp3) is 0.529. The Hall–Kier alpha value is -2.24. The summed E-state index contributed by atoms with van der Waals surface area (Å²) in [6.07, 6.45) is 1.98. The number of rotatable bonds is 3. The number of amides is 2. The minimum atomic E-state index is -0.842. The van der Waals surface area contributed by atoms with Crippen LogP contribution in [0, 0.1) is 0 Å². The maximum absolute atomic E-state index is 12.2. The highest BCUT2D eigenvalue weighted by molar-refractivity contribution is 5.68. The maximum Gasteiger partial charge on any atom is 0.410 e. The highest BCUT2D eigenvalue weighted by Gasteiger charge is 2.45.